The minimum Gasteiger partial charge on any atom is -0.319 e. The molecule has 2 aromatic rings. The van der Waals surface area contributed by atoms with Crippen molar-refractivity contribution in [1.82, 2.24) is 0 Å². The summed E-state index contributed by atoms with van der Waals surface area (Å²) in [5.41, 5.74) is 0.160. The summed E-state index contributed by atoms with van der Waals surface area (Å²) in [7, 11) is 0. The molecule has 0 aliphatic heterocycles. The van der Waals surface area contributed by atoms with Gasteiger partial charge in [-0.3, -0.25) is 4.79 Å². The molecule has 1 aromatic heterocycles. The molecule has 88 valence electrons. The third-order valence-corrected chi connectivity index (χ3v) is 3.84. The molecule has 0 bridgehead atoms. The molecule has 0 unspecified atom stereocenters. The maximum Gasteiger partial charge on any atom is 0.265 e. The molecule has 0 saturated heterocycles. The Hall–Kier alpha value is -0.850. The Labute approximate surface area is 115 Å². The van der Waals surface area contributed by atoms with E-state index >= 15 is 0 Å². The Morgan fingerprint density at radius 3 is 2.76 bits per heavy atom. The van der Waals surface area contributed by atoms with Crippen LogP contribution in [0.2, 0.25) is 0 Å². The zero-order valence-corrected chi connectivity index (χ0v) is 11.7. The Kier molecular flexibility index (Phi) is 3.86. The predicted octanol–water partition coefficient (Wildman–Crippen LogP) is 4.19. The van der Waals surface area contributed by atoms with E-state index in [2.05, 4.69) is 33.9 Å². The monoisotopic (exact) mass is 331 g/mol. The van der Waals surface area contributed by atoms with Crippen LogP contribution in [0.5, 0.6) is 0 Å². The second-order valence-electron chi connectivity index (χ2n) is 3.25. The lowest BCUT2D eigenvalue weighted by Gasteiger charge is -2.05. The van der Waals surface area contributed by atoms with Crippen molar-refractivity contribution < 1.29 is 9.18 Å². The summed E-state index contributed by atoms with van der Waals surface area (Å²) in [5.74, 6) is -0.813. The van der Waals surface area contributed by atoms with Gasteiger partial charge < -0.3 is 5.32 Å². The third-order valence-electron chi connectivity index (χ3n) is 1.99. The van der Waals surface area contributed by atoms with Crippen LogP contribution in [0.3, 0.4) is 0 Å². The molecule has 2 rings (SSSR count). The molecule has 0 aliphatic carbocycles. The normalized spacial score (nSPS) is 10.3. The number of hydrogen-bond donors (Lipinski definition) is 2. The first-order valence-electron chi connectivity index (χ1n) is 4.60. The van der Waals surface area contributed by atoms with Crippen LogP contribution in [-0.4, -0.2) is 5.91 Å². The van der Waals surface area contributed by atoms with Crippen LogP contribution in [-0.2, 0) is 0 Å². The van der Waals surface area contributed by atoms with E-state index in [0.29, 0.717) is 9.35 Å². The van der Waals surface area contributed by atoms with Crippen molar-refractivity contribution in [3.8, 4) is 0 Å². The molecule has 17 heavy (non-hydrogen) atoms. The number of benzene rings is 1. The molecule has 1 N–H and O–H groups in total. The van der Waals surface area contributed by atoms with Gasteiger partial charge in [-0.15, -0.1) is 24.0 Å². The number of carbonyl (C=O) groups excluding carboxylic acids is 1. The van der Waals surface area contributed by atoms with E-state index in [-0.39, 0.29) is 11.6 Å². The van der Waals surface area contributed by atoms with Gasteiger partial charge in [-0.2, -0.15) is 0 Å². The van der Waals surface area contributed by atoms with Gasteiger partial charge in [0.1, 0.15) is 5.82 Å². The van der Waals surface area contributed by atoms with Gasteiger partial charge in [0.2, 0.25) is 0 Å². The fourth-order valence-corrected chi connectivity index (χ4v) is 2.60. The number of hydrogen-bond acceptors (Lipinski definition) is 3. The number of rotatable bonds is 2. The van der Waals surface area contributed by atoms with Crippen molar-refractivity contribution in [2.24, 2.45) is 0 Å². The van der Waals surface area contributed by atoms with E-state index in [1.807, 2.05) is 0 Å². The molecular formula is C11H7BrFNOS2. The quantitative estimate of drug-likeness (QED) is 0.794. The predicted molar refractivity (Wildman–Crippen MR) is 73.6 cm³/mol. The standard InChI is InChI=1S/C11H7BrFNOS2/c12-6-1-2-9(8(13)3-6)14-11(15)10-4-7(16)5-17-10/h1-5,16H,(H,14,15). The van der Waals surface area contributed by atoms with Crippen LogP contribution < -0.4 is 5.32 Å². The van der Waals surface area contributed by atoms with Crippen LogP contribution in [0.15, 0.2) is 39.0 Å². The molecule has 2 nitrogen and oxygen atoms in total. The molecular weight excluding hydrogens is 325 g/mol. The summed E-state index contributed by atoms with van der Waals surface area (Å²) in [6.45, 7) is 0. The highest BCUT2D eigenvalue weighted by molar-refractivity contribution is 9.10. The van der Waals surface area contributed by atoms with Gasteiger partial charge in [0.15, 0.2) is 0 Å². The summed E-state index contributed by atoms with van der Waals surface area (Å²) < 4.78 is 14.1. The molecule has 1 amide bonds. The molecule has 0 spiro atoms. The minimum atomic E-state index is -0.477. The van der Waals surface area contributed by atoms with E-state index in [1.165, 1.54) is 23.5 Å². The second kappa shape index (κ2) is 5.20. The van der Waals surface area contributed by atoms with Crippen LogP contribution in [0.25, 0.3) is 0 Å². The average molecular weight is 332 g/mol. The number of halogens is 2. The van der Waals surface area contributed by atoms with E-state index in [9.17, 15) is 9.18 Å². The summed E-state index contributed by atoms with van der Waals surface area (Å²) in [6.07, 6.45) is 0. The molecule has 0 aliphatic rings. The maximum atomic E-state index is 13.5. The lowest BCUT2D eigenvalue weighted by molar-refractivity contribution is 0.103. The minimum absolute atomic E-state index is 0.160. The highest BCUT2D eigenvalue weighted by atomic mass is 79.9. The molecule has 1 aromatic carbocycles. The molecule has 6 heteroatoms. The number of nitrogens with one attached hydrogen (secondary N) is 1. The lowest BCUT2D eigenvalue weighted by atomic mass is 10.3. The molecule has 0 atom stereocenters. The van der Waals surface area contributed by atoms with E-state index in [0.717, 1.165) is 4.90 Å². The number of anilines is 1. The third kappa shape index (κ3) is 3.08. The van der Waals surface area contributed by atoms with E-state index in [4.69, 9.17) is 0 Å². The van der Waals surface area contributed by atoms with Crippen LogP contribution in [0.1, 0.15) is 9.67 Å². The first-order chi connectivity index (χ1) is 8.06. The van der Waals surface area contributed by atoms with Gasteiger partial charge in [-0.25, -0.2) is 4.39 Å². The molecule has 0 saturated carbocycles. The highest BCUT2D eigenvalue weighted by Crippen LogP contribution is 2.22. The first-order valence-corrected chi connectivity index (χ1v) is 6.72. The maximum absolute atomic E-state index is 13.5. The van der Waals surface area contributed by atoms with Gasteiger partial charge in [-0.05, 0) is 24.3 Å². The molecule has 1 heterocycles. The van der Waals surface area contributed by atoms with Crippen molar-refractivity contribution >= 4 is 51.5 Å². The van der Waals surface area contributed by atoms with E-state index in [1.54, 1.807) is 17.5 Å². The zero-order chi connectivity index (χ0) is 12.4. The zero-order valence-electron chi connectivity index (χ0n) is 8.41. The molecule has 0 radical (unpaired) electrons. The number of carbonyl (C=O) groups is 1. The van der Waals surface area contributed by atoms with Gasteiger partial charge in [-0.1, -0.05) is 15.9 Å². The Morgan fingerprint density at radius 2 is 2.18 bits per heavy atom. The summed E-state index contributed by atoms with van der Waals surface area (Å²) >= 11 is 8.53. The van der Waals surface area contributed by atoms with Gasteiger partial charge in [0.05, 0.1) is 10.6 Å². The smallest absolute Gasteiger partial charge is 0.265 e. The number of thiophene rings is 1. The lowest BCUT2D eigenvalue weighted by Crippen LogP contribution is -2.11. The fourth-order valence-electron chi connectivity index (χ4n) is 1.22. The van der Waals surface area contributed by atoms with Crippen molar-refractivity contribution in [1.29, 1.82) is 0 Å². The van der Waals surface area contributed by atoms with Crippen LogP contribution >= 0.6 is 39.9 Å². The Morgan fingerprint density at radius 1 is 1.41 bits per heavy atom. The summed E-state index contributed by atoms with van der Waals surface area (Å²) in [4.78, 5) is 13.0. The summed E-state index contributed by atoms with van der Waals surface area (Å²) in [5, 5.41) is 4.25. The Bertz CT molecular complexity index is 570. The van der Waals surface area contributed by atoms with E-state index < -0.39 is 5.82 Å². The van der Waals surface area contributed by atoms with Crippen LogP contribution in [0.4, 0.5) is 10.1 Å². The van der Waals surface area contributed by atoms with Crippen molar-refractivity contribution in [3.05, 3.63) is 44.8 Å². The SMILES string of the molecule is O=C(Nc1ccc(Br)cc1F)c1cc(S)cs1. The van der Waals surface area contributed by atoms with Gasteiger partial charge in [0.25, 0.3) is 5.91 Å². The highest BCUT2D eigenvalue weighted by Gasteiger charge is 2.11. The summed E-state index contributed by atoms with van der Waals surface area (Å²) in [6, 6.07) is 6.11. The van der Waals surface area contributed by atoms with Crippen LogP contribution in [0, 0.1) is 5.82 Å². The topological polar surface area (TPSA) is 29.1 Å². The molecule has 0 fully saturated rings. The number of thiol groups is 1. The largest absolute Gasteiger partial charge is 0.319 e. The second-order valence-corrected chi connectivity index (χ2v) is 5.59. The van der Waals surface area contributed by atoms with Gasteiger partial charge >= 0.3 is 0 Å². The fraction of sp³-hybridized carbons (Fsp3) is 0. The van der Waals surface area contributed by atoms with Crippen molar-refractivity contribution in [2.45, 2.75) is 4.90 Å². The van der Waals surface area contributed by atoms with Gasteiger partial charge in [0, 0.05) is 14.7 Å². The first kappa shape index (κ1) is 12.6. The average Bonchev–Trinajstić information content (AvgIpc) is 2.69. The van der Waals surface area contributed by atoms with Crippen molar-refractivity contribution in [3.63, 3.8) is 0 Å². The number of amides is 1. The van der Waals surface area contributed by atoms with Crippen molar-refractivity contribution in [2.75, 3.05) is 5.32 Å². The Balaban J connectivity index is 2.18.